The maximum absolute atomic E-state index is 12.5. The molecule has 2 aromatic carbocycles. The van der Waals surface area contributed by atoms with Gasteiger partial charge in [-0.2, -0.15) is 5.26 Å². The molecule has 0 atom stereocenters. The van der Waals surface area contributed by atoms with Crippen molar-refractivity contribution in [1.29, 1.82) is 5.26 Å². The molecule has 0 aliphatic rings. The maximum Gasteiger partial charge on any atom is 0.268 e. The molecular weight excluding hydrogens is 476 g/mol. The molecule has 3 aromatic rings. The normalized spacial score (nSPS) is 10.9. The number of hydrogen-bond acceptors (Lipinski definition) is 8. The van der Waals surface area contributed by atoms with Crippen LogP contribution in [0.5, 0.6) is 17.2 Å². The summed E-state index contributed by atoms with van der Waals surface area (Å²) < 4.78 is 16.8. The van der Waals surface area contributed by atoms with Crippen LogP contribution in [0.1, 0.15) is 23.9 Å². The molecule has 1 aromatic heterocycles. The van der Waals surface area contributed by atoms with E-state index in [-0.39, 0.29) is 17.2 Å². The molecule has 0 bridgehead atoms. The number of rotatable bonds is 11. The standard InChI is InChI=1S/C24H23ClN4O4S/c1-3-7-21-28-29-24(34-21)27-23(30)17(15-26)12-16-13-19(25)22(20(14-16)31-2)33-11-10-32-18-8-5-4-6-9-18/h4-6,8-9,12-14H,3,7,10-11H2,1-2H3,(H,27,29,30). The molecule has 176 valence electrons. The highest BCUT2D eigenvalue weighted by molar-refractivity contribution is 7.15. The van der Waals surface area contributed by atoms with Crippen molar-refractivity contribution in [2.75, 3.05) is 25.6 Å². The Morgan fingerprint density at radius 3 is 2.68 bits per heavy atom. The van der Waals surface area contributed by atoms with E-state index in [2.05, 4.69) is 15.5 Å². The fraction of sp³-hybridized carbons (Fsp3) is 0.250. The monoisotopic (exact) mass is 498 g/mol. The highest BCUT2D eigenvalue weighted by Crippen LogP contribution is 2.37. The Balaban J connectivity index is 1.68. The van der Waals surface area contributed by atoms with Crippen LogP contribution in [0.15, 0.2) is 48.0 Å². The number of hydrogen-bond donors (Lipinski definition) is 1. The number of nitrogens with one attached hydrogen (secondary N) is 1. The zero-order valence-electron chi connectivity index (χ0n) is 18.7. The summed E-state index contributed by atoms with van der Waals surface area (Å²) in [5.41, 5.74) is 0.390. The summed E-state index contributed by atoms with van der Waals surface area (Å²) in [6, 6.07) is 14.5. The number of anilines is 1. The van der Waals surface area contributed by atoms with E-state index in [1.807, 2.05) is 43.3 Å². The Morgan fingerprint density at radius 1 is 1.21 bits per heavy atom. The number of ether oxygens (including phenoxy) is 3. The molecule has 0 aliphatic heterocycles. The summed E-state index contributed by atoms with van der Waals surface area (Å²) in [6.45, 7) is 2.59. The van der Waals surface area contributed by atoms with Gasteiger partial charge in [0.1, 0.15) is 35.6 Å². The van der Waals surface area contributed by atoms with Crippen molar-refractivity contribution in [1.82, 2.24) is 10.2 Å². The van der Waals surface area contributed by atoms with Gasteiger partial charge in [0.2, 0.25) is 5.13 Å². The SMILES string of the molecule is CCCc1nnc(NC(=O)C(C#N)=Cc2cc(Cl)c(OCCOc3ccccc3)c(OC)c2)s1. The third kappa shape index (κ3) is 6.94. The number of benzene rings is 2. The summed E-state index contributed by atoms with van der Waals surface area (Å²) in [5.74, 6) is 0.861. The Morgan fingerprint density at radius 2 is 1.97 bits per heavy atom. The third-order valence-electron chi connectivity index (χ3n) is 4.42. The summed E-state index contributed by atoms with van der Waals surface area (Å²) in [5, 5.41) is 21.5. The average Bonchev–Trinajstić information content (AvgIpc) is 3.28. The van der Waals surface area contributed by atoms with Crippen molar-refractivity contribution in [2.45, 2.75) is 19.8 Å². The van der Waals surface area contributed by atoms with E-state index >= 15 is 0 Å². The van der Waals surface area contributed by atoms with E-state index in [1.165, 1.54) is 24.5 Å². The van der Waals surface area contributed by atoms with Crippen molar-refractivity contribution in [3.63, 3.8) is 0 Å². The van der Waals surface area contributed by atoms with E-state index in [0.29, 0.717) is 28.8 Å². The van der Waals surface area contributed by atoms with E-state index in [1.54, 1.807) is 12.1 Å². The van der Waals surface area contributed by atoms with Gasteiger partial charge in [-0.25, -0.2) is 0 Å². The molecule has 0 unspecified atom stereocenters. The lowest BCUT2D eigenvalue weighted by atomic mass is 10.1. The number of aromatic nitrogens is 2. The summed E-state index contributed by atoms with van der Waals surface area (Å²) in [6.07, 6.45) is 3.12. The minimum atomic E-state index is -0.588. The number of halogens is 1. The first-order valence-electron chi connectivity index (χ1n) is 10.5. The molecule has 0 aliphatic carbocycles. The van der Waals surface area contributed by atoms with Crippen LogP contribution < -0.4 is 19.5 Å². The Kier molecular flexibility index (Phi) is 9.26. The van der Waals surface area contributed by atoms with Gasteiger partial charge in [0.25, 0.3) is 5.91 Å². The predicted molar refractivity (Wildman–Crippen MR) is 132 cm³/mol. The summed E-state index contributed by atoms with van der Waals surface area (Å²) in [7, 11) is 1.48. The highest BCUT2D eigenvalue weighted by Gasteiger charge is 2.16. The van der Waals surface area contributed by atoms with Crippen LogP contribution in [0.3, 0.4) is 0 Å². The fourth-order valence-electron chi connectivity index (χ4n) is 2.88. The quantitative estimate of drug-likeness (QED) is 0.221. The third-order valence-corrected chi connectivity index (χ3v) is 5.60. The van der Waals surface area contributed by atoms with Crippen LogP contribution in [0.4, 0.5) is 5.13 Å². The van der Waals surface area contributed by atoms with E-state index in [4.69, 9.17) is 25.8 Å². The van der Waals surface area contributed by atoms with E-state index in [9.17, 15) is 10.1 Å². The minimum Gasteiger partial charge on any atom is -0.493 e. The molecule has 0 spiro atoms. The van der Waals surface area contributed by atoms with Crippen LogP contribution in [-0.4, -0.2) is 36.4 Å². The van der Waals surface area contributed by atoms with Gasteiger partial charge >= 0.3 is 0 Å². The molecular formula is C24H23ClN4O4S. The zero-order valence-corrected chi connectivity index (χ0v) is 20.3. The number of nitriles is 1. The highest BCUT2D eigenvalue weighted by atomic mass is 35.5. The maximum atomic E-state index is 12.5. The van der Waals surface area contributed by atoms with Gasteiger partial charge in [0.15, 0.2) is 11.5 Å². The molecule has 8 nitrogen and oxygen atoms in total. The number of carbonyl (C=O) groups is 1. The molecule has 3 rings (SSSR count). The van der Waals surface area contributed by atoms with Crippen LogP contribution in [0, 0.1) is 11.3 Å². The number of amides is 1. The van der Waals surface area contributed by atoms with Crippen molar-refractivity contribution in [2.24, 2.45) is 0 Å². The fourth-order valence-corrected chi connectivity index (χ4v) is 3.99. The van der Waals surface area contributed by atoms with Crippen LogP contribution in [0.25, 0.3) is 6.08 Å². The number of para-hydroxylation sites is 1. The minimum absolute atomic E-state index is 0.115. The second kappa shape index (κ2) is 12.6. The molecule has 1 amide bonds. The molecule has 34 heavy (non-hydrogen) atoms. The van der Waals surface area contributed by atoms with E-state index in [0.717, 1.165) is 23.6 Å². The molecule has 0 saturated carbocycles. The topological polar surface area (TPSA) is 106 Å². The lowest BCUT2D eigenvalue weighted by Crippen LogP contribution is -2.13. The van der Waals surface area contributed by atoms with Crippen LogP contribution in [-0.2, 0) is 11.2 Å². The first-order valence-corrected chi connectivity index (χ1v) is 11.7. The molecule has 0 fully saturated rings. The number of carbonyl (C=O) groups excluding carboxylic acids is 1. The van der Waals surface area contributed by atoms with E-state index < -0.39 is 5.91 Å². The first kappa shape index (κ1) is 25.0. The van der Waals surface area contributed by atoms with Gasteiger partial charge in [-0.3, -0.25) is 10.1 Å². The molecule has 0 radical (unpaired) electrons. The van der Waals surface area contributed by atoms with Gasteiger partial charge < -0.3 is 14.2 Å². The number of nitrogens with zero attached hydrogens (tertiary/aromatic N) is 3. The van der Waals surface area contributed by atoms with Crippen LogP contribution in [0.2, 0.25) is 5.02 Å². The number of aryl methyl sites for hydroxylation is 1. The van der Waals surface area contributed by atoms with Gasteiger partial charge in [-0.1, -0.05) is 48.1 Å². The lowest BCUT2D eigenvalue weighted by molar-refractivity contribution is -0.112. The van der Waals surface area contributed by atoms with Crippen molar-refractivity contribution < 1.29 is 19.0 Å². The smallest absolute Gasteiger partial charge is 0.268 e. The predicted octanol–water partition coefficient (Wildman–Crippen LogP) is 5.16. The molecule has 1 heterocycles. The van der Waals surface area contributed by atoms with Crippen molar-refractivity contribution >= 4 is 40.1 Å². The Bertz CT molecular complexity index is 1190. The lowest BCUT2D eigenvalue weighted by Gasteiger charge is -2.14. The van der Waals surface area contributed by atoms with Crippen LogP contribution >= 0.6 is 22.9 Å². The average molecular weight is 499 g/mol. The van der Waals surface area contributed by atoms with Crippen molar-refractivity contribution in [3.8, 4) is 23.3 Å². The summed E-state index contributed by atoms with van der Waals surface area (Å²) >= 11 is 7.68. The largest absolute Gasteiger partial charge is 0.493 e. The molecule has 1 N–H and O–H groups in total. The molecule has 0 saturated heterocycles. The Hall–Kier alpha value is -3.61. The van der Waals surface area contributed by atoms with Crippen molar-refractivity contribution in [3.05, 3.63) is 63.6 Å². The number of methoxy groups -OCH3 is 1. The zero-order chi connectivity index (χ0) is 24.3. The molecule has 10 heteroatoms. The summed E-state index contributed by atoms with van der Waals surface area (Å²) in [4.78, 5) is 12.5. The van der Waals surface area contributed by atoms with Gasteiger partial charge in [-0.05, 0) is 42.3 Å². The second-order valence-corrected chi connectivity index (χ2v) is 8.39. The van der Waals surface area contributed by atoms with Gasteiger partial charge in [0, 0.05) is 6.42 Å². The second-order valence-electron chi connectivity index (χ2n) is 6.92. The first-order chi connectivity index (χ1) is 16.5. The van der Waals surface area contributed by atoms with Gasteiger partial charge in [-0.15, -0.1) is 10.2 Å². The Labute approximate surface area is 206 Å². The van der Waals surface area contributed by atoms with Gasteiger partial charge in [0.05, 0.1) is 12.1 Å².